The van der Waals surface area contributed by atoms with Gasteiger partial charge < -0.3 is 20.3 Å². The summed E-state index contributed by atoms with van der Waals surface area (Å²) in [6.45, 7) is 8.04. The predicted molar refractivity (Wildman–Crippen MR) is 163 cm³/mol. The van der Waals surface area contributed by atoms with Gasteiger partial charge in [-0.15, -0.1) is 6.42 Å². The molecule has 0 fully saturated rings. The van der Waals surface area contributed by atoms with E-state index in [1.165, 1.54) is 0 Å². The quantitative estimate of drug-likeness (QED) is 0.157. The van der Waals surface area contributed by atoms with E-state index < -0.39 is 29.7 Å². The van der Waals surface area contributed by atoms with Gasteiger partial charge in [0.1, 0.15) is 17.7 Å². The Hall–Kier alpha value is -3.44. The van der Waals surface area contributed by atoms with Gasteiger partial charge in [0.25, 0.3) is 0 Å². The maximum atomic E-state index is 14.0. The number of benzene rings is 2. The second-order valence-electron chi connectivity index (χ2n) is 10.7. The summed E-state index contributed by atoms with van der Waals surface area (Å²) in [4.78, 5) is 41.9. The summed E-state index contributed by atoms with van der Waals surface area (Å²) < 4.78 is 5.38. The Morgan fingerprint density at radius 2 is 1.65 bits per heavy atom. The Kier molecular flexibility index (Phi) is 13.6. The van der Waals surface area contributed by atoms with Crippen molar-refractivity contribution in [1.29, 1.82) is 0 Å². The number of hydrogen-bond donors (Lipinski definition) is 3. The number of carbonyl (C=O) groups excluding carboxylic acids is 3. The molecule has 40 heavy (non-hydrogen) atoms. The lowest BCUT2D eigenvalue weighted by Crippen LogP contribution is -2.54. The molecule has 0 aliphatic heterocycles. The molecule has 0 aliphatic carbocycles. The minimum atomic E-state index is -0.983. The minimum absolute atomic E-state index is 0.0405. The molecule has 2 aromatic carbocycles. The van der Waals surface area contributed by atoms with E-state index in [1.54, 1.807) is 49.9 Å². The van der Waals surface area contributed by atoms with E-state index in [4.69, 9.17) is 11.2 Å². The van der Waals surface area contributed by atoms with E-state index in [-0.39, 0.29) is 11.7 Å². The molecule has 8 heteroatoms. The summed E-state index contributed by atoms with van der Waals surface area (Å²) >= 11 is 4.35. The number of ether oxygens (including phenoxy) is 1. The number of rotatable bonds is 14. The number of nitrogens with one attached hydrogen (secondary N) is 2. The summed E-state index contributed by atoms with van der Waals surface area (Å²) in [6.07, 6.45) is 9.69. The van der Waals surface area contributed by atoms with Crippen molar-refractivity contribution in [3.05, 3.63) is 71.3 Å². The number of nitrogens with zero attached hydrogens (tertiary/aromatic N) is 1. The second kappa shape index (κ2) is 16.6. The van der Waals surface area contributed by atoms with Gasteiger partial charge in [0.05, 0.1) is 0 Å². The van der Waals surface area contributed by atoms with Crippen LogP contribution in [0.5, 0.6) is 0 Å². The molecule has 216 valence electrons. The van der Waals surface area contributed by atoms with Gasteiger partial charge in [0.2, 0.25) is 11.8 Å². The highest BCUT2D eigenvalue weighted by Crippen LogP contribution is 2.25. The Balaban J connectivity index is 2.41. The zero-order valence-corrected chi connectivity index (χ0v) is 25.0. The average molecular weight is 566 g/mol. The van der Waals surface area contributed by atoms with E-state index in [1.807, 2.05) is 30.3 Å². The van der Waals surface area contributed by atoms with Crippen LogP contribution >= 0.6 is 12.6 Å². The summed E-state index contributed by atoms with van der Waals surface area (Å²) in [5.41, 5.74) is 1.51. The van der Waals surface area contributed by atoms with Crippen LogP contribution in [0.4, 0.5) is 4.79 Å². The van der Waals surface area contributed by atoms with Crippen molar-refractivity contribution in [2.75, 3.05) is 12.3 Å². The lowest BCUT2D eigenvalue weighted by molar-refractivity contribution is -0.142. The number of terminal acetylenes is 1. The van der Waals surface area contributed by atoms with Crippen molar-refractivity contribution in [1.82, 2.24) is 15.5 Å². The molecule has 0 aromatic heterocycles. The lowest BCUT2D eigenvalue weighted by Gasteiger charge is -2.34. The monoisotopic (exact) mass is 565 g/mol. The molecule has 2 unspecified atom stereocenters. The standard InChI is InChI=1S/C32H43N3O4S/c1-6-8-9-10-14-21-35(30(37)27(23-40)34-31(38)39-32(3,4)5)28(26-19-17-24(7-2)18-20-26)29(36)33-22-25-15-12-11-13-16-25/h2,11-13,15-20,27-28,40H,6,8-10,14,21-23H2,1,3-5H3,(H,33,36)(H,34,38). The number of amides is 3. The van der Waals surface area contributed by atoms with Crippen LogP contribution in [0, 0.1) is 12.3 Å². The largest absolute Gasteiger partial charge is 0.444 e. The van der Waals surface area contributed by atoms with Crippen LogP contribution in [0.3, 0.4) is 0 Å². The van der Waals surface area contributed by atoms with Crippen LogP contribution in [0.15, 0.2) is 54.6 Å². The third-order valence-electron chi connectivity index (χ3n) is 6.22. The Morgan fingerprint density at radius 3 is 2.23 bits per heavy atom. The predicted octanol–water partition coefficient (Wildman–Crippen LogP) is 5.65. The topological polar surface area (TPSA) is 87.7 Å². The van der Waals surface area contributed by atoms with E-state index in [0.29, 0.717) is 30.6 Å². The summed E-state index contributed by atoms with van der Waals surface area (Å²) in [6, 6.07) is 14.7. The van der Waals surface area contributed by atoms with E-state index in [0.717, 1.165) is 31.2 Å². The van der Waals surface area contributed by atoms with Crippen LogP contribution in [0.1, 0.15) is 82.5 Å². The number of alkyl carbamates (subject to hydrolysis) is 1. The summed E-state index contributed by atoms with van der Waals surface area (Å²) in [7, 11) is 0. The van der Waals surface area contributed by atoms with Gasteiger partial charge in [-0.05, 0) is 50.5 Å². The molecule has 0 bridgehead atoms. The molecule has 2 aromatic rings. The second-order valence-corrected chi connectivity index (χ2v) is 11.1. The van der Waals surface area contributed by atoms with Gasteiger partial charge in [0.15, 0.2) is 0 Å². The summed E-state index contributed by atoms with van der Waals surface area (Å²) in [5, 5.41) is 5.65. The molecule has 2 N–H and O–H groups in total. The van der Waals surface area contributed by atoms with Gasteiger partial charge in [0, 0.05) is 24.4 Å². The van der Waals surface area contributed by atoms with Crippen LogP contribution < -0.4 is 10.6 Å². The van der Waals surface area contributed by atoms with E-state index in [9.17, 15) is 14.4 Å². The van der Waals surface area contributed by atoms with E-state index >= 15 is 0 Å². The fraction of sp³-hybridized carbons (Fsp3) is 0.469. The van der Waals surface area contributed by atoms with Crippen molar-refractivity contribution in [3.8, 4) is 12.3 Å². The SMILES string of the molecule is C#Cc1ccc(C(C(=O)NCc2ccccc2)N(CCCCCCC)C(=O)C(CS)NC(=O)OC(C)(C)C)cc1. The van der Waals surface area contributed by atoms with Crippen LogP contribution in [-0.4, -0.2) is 46.7 Å². The van der Waals surface area contributed by atoms with Crippen molar-refractivity contribution < 1.29 is 19.1 Å². The van der Waals surface area contributed by atoms with Gasteiger partial charge in [-0.2, -0.15) is 12.6 Å². The first-order valence-corrected chi connectivity index (χ1v) is 14.5. The van der Waals surface area contributed by atoms with Gasteiger partial charge >= 0.3 is 6.09 Å². The molecular weight excluding hydrogens is 522 g/mol. The lowest BCUT2D eigenvalue weighted by atomic mass is 10.0. The third kappa shape index (κ3) is 11.0. The number of carbonyl (C=O) groups is 3. The number of unbranched alkanes of at least 4 members (excludes halogenated alkanes) is 4. The highest BCUT2D eigenvalue weighted by molar-refractivity contribution is 7.80. The van der Waals surface area contributed by atoms with Crippen molar-refractivity contribution in [3.63, 3.8) is 0 Å². The first-order chi connectivity index (χ1) is 19.1. The highest BCUT2D eigenvalue weighted by atomic mass is 32.1. The smallest absolute Gasteiger partial charge is 0.408 e. The molecule has 2 rings (SSSR count). The fourth-order valence-corrected chi connectivity index (χ4v) is 4.45. The summed E-state index contributed by atoms with van der Waals surface area (Å²) in [5.74, 6) is 1.90. The molecule has 2 atom stereocenters. The minimum Gasteiger partial charge on any atom is -0.444 e. The molecule has 0 aliphatic rings. The van der Waals surface area contributed by atoms with Crippen LogP contribution in [-0.2, 0) is 20.9 Å². The number of hydrogen-bond acceptors (Lipinski definition) is 5. The van der Waals surface area contributed by atoms with Crippen molar-refractivity contribution in [2.45, 2.75) is 84.0 Å². The normalized spacial score (nSPS) is 12.5. The first-order valence-electron chi connectivity index (χ1n) is 13.9. The number of thiol groups is 1. The average Bonchev–Trinajstić information content (AvgIpc) is 2.93. The molecule has 0 heterocycles. The van der Waals surface area contributed by atoms with Crippen LogP contribution in [0.25, 0.3) is 0 Å². The fourth-order valence-electron chi connectivity index (χ4n) is 4.20. The maximum absolute atomic E-state index is 14.0. The molecule has 3 amide bonds. The Morgan fingerprint density at radius 1 is 1.00 bits per heavy atom. The Bertz CT molecular complexity index is 1120. The highest BCUT2D eigenvalue weighted by Gasteiger charge is 2.35. The molecule has 0 saturated carbocycles. The third-order valence-corrected chi connectivity index (χ3v) is 6.59. The van der Waals surface area contributed by atoms with Crippen molar-refractivity contribution in [2.24, 2.45) is 0 Å². The molecular formula is C32H43N3O4S. The van der Waals surface area contributed by atoms with Gasteiger partial charge in [-0.1, -0.05) is 81.0 Å². The van der Waals surface area contributed by atoms with Crippen LogP contribution in [0.2, 0.25) is 0 Å². The van der Waals surface area contributed by atoms with E-state index in [2.05, 4.69) is 36.1 Å². The maximum Gasteiger partial charge on any atom is 0.408 e. The first kappa shape index (κ1) is 32.8. The van der Waals surface area contributed by atoms with Crippen molar-refractivity contribution >= 4 is 30.5 Å². The molecule has 0 spiro atoms. The molecule has 0 saturated heterocycles. The molecule has 7 nitrogen and oxygen atoms in total. The zero-order chi connectivity index (χ0) is 29.5. The van der Waals surface area contributed by atoms with Gasteiger partial charge in [-0.25, -0.2) is 4.79 Å². The van der Waals surface area contributed by atoms with Gasteiger partial charge in [-0.3, -0.25) is 9.59 Å². The molecule has 0 radical (unpaired) electrons. The zero-order valence-electron chi connectivity index (χ0n) is 24.1. The Labute approximate surface area is 244 Å².